The molecule has 0 spiro atoms. The maximum Gasteiger partial charge on any atom is 0.161 e. The van der Waals surface area contributed by atoms with Gasteiger partial charge in [0.05, 0.1) is 0 Å². The van der Waals surface area contributed by atoms with Crippen molar-refractivity contribution in [2.24, 2.45) is 0 Å². The topological polar surface area (TPSA) is 87.7 Å². The van der Waals surface area contributed by atoms with Gasteiger partial charge in [-0.1, -0.05) is 20.8 Å². The fraction of sp³-hybridized carbons (Fsp3) is 0.368. The smallest absolute Gasteiger partial charge is 0.161 e. The maximum absolute atomic E-state index is 4.86. The molecule has 1 aromatic carbocycles. The summed E-state index contributed by atoms with van der Waals surface area (Å²) in [7, 11) is 0. The average molecular weight is 602 g/mol. The first-order chi connectivity index (χ1) is 21.7. The molecule has 7 nitrogen and oxygen atoms in total. The molecule has 7 heteroatoms. The Hall–Kier alpha value is -4.52. The van der Waals surface area contributed by atoms with E-state index in [-0.39, 0.29) is 0 Å². The largest absolute Gasteiger partial charge is 0.366 e. The number of anilines is 3. The predicted molar refractivity (Wildman–Crippen MR) is 188 cm³/mol. The highest BCUT2D eigenvalue weighted by Crippen LogP contribution is 2.33. The molecule has 3 N–H and O–H groups in total. The molecule has 0 amide bonds. The van der Waals surface area contributed by atoms with Crippen molar-refractivity contribution < 1.29 is 0 Å². The zero-order valence-corrected chi connectivity index (χ0v) is 28.2. The monoisotopic (exact) mass is 601 g/mol. The lowest BCUT2D eigenvalue weighted by molar-refractivity contribution is 0.879. The van der Waals surface area contributed by atoms with Crippen LogP contribution in [-0.2, 0) is 38.9 Å². The van der Waals surface area contributed by atoms with Gasteiger partial charge < -0.3 is 16.0 Å². The Kier molecular flexibility index (Phi) is 9.96. The van der Waals surface area contributed by atoms with Crippen molar-refractivity contribution in [2.45, 2.75) is 94.3 Å². The van der Waals surface area contributed by atoms with Crippen LogP contribution in [0.3, 0.4) is 0 Å². The molecule has 234 valence electrons. The quantitative estimate of drug-likeness (QED) is 0.132. The molecule has 0 aliphatic heterocycles. The summed E-state index contributed by atoms with van der Waals surface area (Å²) in [5.41, 5.74) is 14.5. The molecule has 0 atom stereocenters. The molecule has 0 radical (unpaired) electrons. The average Bonchev–Trinajstić information content (AvgIpc) is 2.99. The minimum absolute atomic E-state index is 0.685. The summed E-state index contributed by atoms with van der Waals surface area (Å²) in [4.78, 5) is 19.1. The molecule has 4 aromatic heterocycles. The zero-order chi connectivity index (χ0) is 32.1. The lowest BCUT2D eigenvalue weighted by Gasteiger charge is -2.27. The number of rotatable bonds is 12. The van der Waals surface area contributed by atoms with Gasteiger partial charge in [0, 0.05) is 42.1 Å². The molecule has 45 heavy (non-hydrogen) atoms. The zero-order valence-electron chi connectivity index (χ0n) is 28.2. The molecular weight excluding hydrogens is 554 g/mol. The van der Waals surface area contributed by atoms with Crippen LogP contribution in [0.5, 0.6) is 0 Å². The van der Waals surface area contributed by atoms with Gasteiger partial charge in [0.2, 0.25) is 0 Å². The fourth-order valence-corrected chi connectivity index (χ4v) is 6.61. The number of nitrogens with zero attached hydrogens (tertiary/aromatic N) is 4. The van der Waals surface area contributed by atoms with E-state index in [0.717, 1.165) is 64.8 Å². The van der Waals surface area contributed by atoms with E-state index in [1.807, 2.05) is 13.0 Å². The van der Waals surface area contributed by atoms with E-state index in [4.69, 9.17) is 15.0 Å². The summed E-state index contributed by atoms with van der Waals surface area (Å²) >= 11 is 0. The van der Waals surface area contributed by atoms with Crippen molar-refractivity contribution in [1.82, 2.24) is 19.9 Å². The summed E-state index contributed by atoms with van der Waals surface area (Å²) in [6, 6.07) is 16.7. The third kappa shape index (κ3) is 7.42. The molecule has 0 aliphatic rings. The molecule has 5 aromatic rings. The normalized spacial score (nSPS) is 11.2. The number of hydrogen-bond acceptors (Lipinski definition) is 7. The van der Waals surface area contributed by atoms with Crippen LogP contribution >= 0.6 is 0 Å². The number of hydrogen-bond donors (Lipinski definition) is 3. The van der Waals surface area contributed by atoms with Crippen molar-refractivity contribution in [2.75, 3.05) is 16.0 Å². The van der Waals surface area contributed by atoms with Crippen LogP contribution in [0, 0.1) is 34.6 Å². The SMILES string of the molecule is CCc1c(CNc2cc(C)cc(C)n2)c(CC)c(CNc2ccc3ccc(C)nc3n2)c(CC)c1CNc1cc(C)cc(C)n1. The first kappa shape index (κ1) is 31.9. The summed E-state index contributed by atoms with van der Waals surface area (Å²) in [6.45, 7) is 19.3. The third-order valence-corrected chi connectivity index (χ3v) is 8.47. The molecule has 5 rings (SSSR count). The second kappa shape index (κ2) is 14.1. The van der Waals surface area contributed by atoms with E-state index in [1.165, 1.54) is 44.5 Å². The third-order valence-electron chi connectivity index (χ3n) is 8.47. The Balaban J connectivity index is 1.57. The van der Waals surface area contributed by atoms with E-state index in [1.54, 1.807) is 0 Å². The van der Waals surface area contributed by atoms with Gasteiger partial charge in [-0.25, -0.2) is 19.9 Å². The van der Waals surface area contributed by atoms with Gasteiger partial charge in [-0.05, 0) is 147 Å². The van der Waals surface area contributed by atoms with Gasteiger partial charge in [0.1, 0.15) is 17.5 Å². The van der Waals surface area contributed by atoms with Crippen molar-refractivity contribution >= 4 is 28.5 Å². The summed E-state index contributed by atoms with van der Waals surface area (Å²) in [5.74, 6) is 2.67. The van der Waals surface area contributed by atoms with Crippen LogP contribution in [0.15, 0.2) is 48.5 Å². The number of fused-ring (bicyclic) bond motifs is 1. The molecule has 0 fully saturated rings. The van der Waals surface area contributed by atoms with Crippen molar-refractivity contribution in [3.63, 3.8) is 0 Å². The number of pyridine rings is 4. The van der Waals surface area contributed by atoms with Crippen LogP contribution < -0.4 is 16.0 Å². The fourth-order valence-electron chi connectivity index (χ4n) is 6.61. The second-order valence-corrected chi connectivity index (χ2v) is 12.0. The van der Waals surface area contributed by atoms with E-state index in [2.05, 4.69) is 112 Å². The molecule has 0 aliphatic carbocycles. The van der Waals surface area contributed by atoms with Crippen LogP contribution in [-0.4, -0.2) is 19.9 Å². The van der Waals surface area contributed by atoms with Crippen LogP contribution in [0.2, 0.25) is 0 Å². The summed E-state index contributed by atoms with van der Waals surface area (Å²) in [6.07, 6.45) is 2.82. The Labute approximate surface area is 268 Å². The minimum atomic E-state index is 0.685. The van der Waals surface area contributed by atoms with Crippen molar-refractivity contribution in [3.05, 3.63) is 110 Å². The molecule has 0 saturated heterocycles. The molecule has 4 heterocycles. The first-order valence-corrected chi connectivity index (χ1v) is 16.2. The van der Waals surface area contributed by atoms with Crippen LogP contribution in [0.25, 0.3) is 11.0 Å². The van der Waals surface area contributed by atoms with Gasteiger partial charge >= 0.3 is 0 Å². The van der Waals surface area contributed by atoms with Crippen LogP contribution in [0.1, 0.15) is 82.4 Å². The van der Waals surface area contributed by atoms with Crippen LogP contribution in [0.4, 0.5) is 17.5 Å². The Morgan fingerprint density at radius 2 is 0.889 bits per heavy atom. The Morgan fingerprint density at radius 1 is 0.444 bits per heavy atom. The Morgan fingerprint density at radius 3 is 1.33 bits per heavy atom. The highest BCUT2D eigenvalue weighted by atomic mass is 15.0. The standard InChI is InChI=1S/C38H47N7/c1-9-29-32(20-39-35-15-14-28-13-12-25(6)44-38(28)45-35)30(10-2)34(22-41-37-19-24(5)17-27(8)43-37)31(11-3)33(29)21-40-36-18-23(4)16-26(7)42-36/h12-19H,9-11,20-22H2,1-8H3,(H,40,42)(H,41,43)(H,39,44,45). The maximum atomic E-state index is 4.86. The van der Waals surface area contributed by atoms with E-state index in [0.29, 0.717) is 19.6 Å². The van der Waals surface area contributed by atoms with Gasteiger partial charge in [0.15, 0.2) is 5.65 Å². The van der Waals surface area contributed by atoms with E-state index in [9.17, 15) is 0 Å². The molecule has 0 unspecified atom stereocenters. The number of aryl methyl sites for hydroxylation is 5. The van der Waals surface area contributed by atoms with Gasteiger partial charge in [0.25, 0.3) is 0 Å². The molecule has 0 saturated carbocycles. The van der Waals surface area contributed by atoms with Gasteiger partial charge in [-0.15, -0.1) is 0 Å². The number of aromatic nitrogens is 4. The highest BCUT2D eigenvalue weighted by molar-refractivity contribution is 5.76. The number of nitrogens with one attached hydrogen (secondary N) is 3. The second-order valence-electron chi connectivity index (χ2n) is 12.0. The van der Waals surface area contributed by atoms with Crippen molar-refractivity contribution in [3.8, 4) is 0 Å². The van der Waals surface area contributed by atoms with E-state index < -0.39 is 0 Å². The lowest BCUT2D eigenvalue weighted by atomic mass is 9.83. The number of benzene rings is 1. The lowest BCUT2D eigenvalue weighted by Crippen LogP contribution is -2.19. The summed E-state index contributed by atoms with van der Waals surface area (Å²) in [5, 5.41) is 12.1. The van der Waals surface area contributed by atoms with Gasteiger partial charge in [-0.3, -0.25) is 0 Å². The highest BCUT2D eigenvalue weighted by Gasteiger charge is 2.22. The summed E-state index contributed by atoms with van der Waals surface area (Å²) < 4.78 is 0. The Bertz CT molecular complexity index is 1700. The predicted octanol–water partition coefficient (Wildman–Crippen LogP) is 8.49. The molecule has 0 bridgehead atoms. The van der Waals surface area contributed by atoms with Gasteiger partial charge in [-0.2, -0.15) is 0 Å². The molecular formula is C38H47N7. The van der Waals surface area contributed by atoms with E-state index >= 15 is 0 Å². The van der Waals surface area contributed by atoms with Crippen molar-refractivity contribution in [1.29, 1.82) is 0 Å². The first-order valence-electron chi connectivity index (χ1n) is 16.2. The minimum Gasteiger partial charge on any atom is -0.366 e.